The van der Waals surface area contributed by atoms with Gasteiger partial charge in [-0.2, -0.15) is 5.26 Å². The Kier molecular flexibility index (Phi) is 3.98. The van der Waals surface area contributed by atoms with Gasteiger partial charge in [0.25, 0.3) is 0 Å². The maximum Gasteiger partial charge on any atom is 0.126 e. The molecule has 0 spiro atoms. The average Bonchev–Trinajstić information content (AvgIpc) is 2.40. The lowest BCUT2D eigenvalue weighted by Crippen LogP contribution is -2.00. The van der Waals surface area contributed by atoms with Gasteiger partial charge in [-0.1, -0.05) is 48.5 Å². The van der Waals surface area contributed by atoms with Gasteiger partial charge in [0.1, 0.15) is 12.4 Å². The molecule has 0 unspecified atom stereocenters. The van der Waals surface area contributed by atoms with Gasteiger partial charge in [-0.25, -0.2) is 0 Å². The minimum absolute atomic E-state index is 0.381. The van der Waals surface area contributed by atoms with Gasteiger partial charge in [-0.3, -0.25) is 0 Å². The summed E-state index contributed by atoms with van der Waals surface area (Å²) < 4.78 is 5.86. The van der Waals surface area contributed by atoms with Crippen LogP contribution in [-0.4, -0.2) is 0 Å². The zero-order valence-corrected chi connectivity index (χ0v) is 10.4. The van der Waals surface area contributed by atoms with E-state index in [1.54, 1.807) is 0 Å². The summed E-state index contributed by atoms with van der Waals surface area (Å²) in [7, 11) is 0. The van der Waals surface area contributed by atoms with E-state index in [4.69, 9.17) is 10.00 Å². The second-order valence-electron chi connectivity index (χ2n) is 4.17. The predicted molar refractivity (Wildman–Crippen MR) is 71.3 cm³/mol. The van der Waals surface area contributed by atoms with Crippen LogP contribution in [0.3, 0.4) is 0 Å². The molecule has 18 heavy (non-hydrogen) atoms. The SMILES string of the molecule is Cc1cccc(CC#N)c1OCc1ccccc1. The van der Waals surface area contributed by atoms with Crippen molar-refractivity contribution in [3.8, 4) is 11.8 Å². The maximum absolute atomic E-state index is 8.81. The fourth-order valence-corrected chi connectivity index (χ4v) is 1.87. The fraction of sp³-hybridized carbons (Fsp3) is 0.188. The van der Waals surface area contributed by atoms with Crippen molar-refractivity contribution in [1.29, 1.82) is 5.26 Å². The molecule has 0 bridgehead atoms. The molecule has 2 aromatic carbocycles. The zero-order chi connectivity index (χ0) is 12.8. The number of hydrogen-bond donors (Lipinski definition) is 0. The van der Waals surface area contributed by atoms with Crippen molar-refractivity contribution in [2.24, 2.45) is 0 Å². The Hall–Kier alpha value is -2.27. The van der Waals surface area contributed by atoms with Crippen LogP contribution in [0.5, 0.6) is 5.75 Å². The lowest BCUT2D eigenvalue weighted by atomic mass is 10.1. The van der Waals surface area contributed by atoms with Gasteiger partial charge in [0.05, 0.1) is 12.5 Å². The van der Waals surface area contributed by atoms with Crippen molar-refractivity contribution in [3.63, 3.8) is 0 Å². The fourth-order valence-electron chi connectivity index (χ4n) is 1.87. The summed E-state index contributed by atoms with van der Waals surface area (Å²) in [6.45, 7) is 2.53. The van der Waals surface area contributed by atoms with Gasteiger partial charge >= 0.3 is 0 Å². The van der Waals surface area contributed by atoms with Gasteiger partial charge in [-0.15, -0.1) is 0 Å². The molecule has 0 saturated heterocycles. The standard InChI is InChI=1S/C16H15NO/c1-13-6-5-9-15(10-11-17)16(13)18-12-14-7-3-2-4-8-14/h2-9H,10,12H2,1H3. The normalized spacial score (nSPS) is 9.78. The van der Waals surface area contributed by atoms with E-state index < -0.39 is 0 Å². The first kappa shape index (κ1) is 12.2. The van der Waals surface area contributed by atoms with Crippen LogP contribution in [-0.2, 0) is 13.0 Å². The van der Waals surface area contributed by atoms with Crippen LogP contribution >= 0.6 is 0 Å². The number of rotatable bonds is 4. The lowest BCUT2D eigenvalue weighted by molar-refractivity contribution is 0.301. The number of hydrogen-bond acceptors (Lipinski definition) is 2. The highest BCUT2D eigenvalue weighted by atomic mass is 16.5. The summed E-state index contributed by atoms with van der Waals surface area (Å²) in [6, 6.07) is 18.1. The highest BCUT2D eigenvalue weighted by molar-refractivity contribution is 5.42. The summed E-state index contributed by atoms with van der Waals surface area (Å²) >= 11 is 0. The smallest absolute Gasteiger partial charge is 0.126 e. The average molecular weight is 237 g/mol. The third-order valence-electron chi connectivity index (χ3n) is 2.79. The van der Waals surface area contributed by atoms with Crippen molar-refractivity contribution >= 4 is 0 Å². The van der Waals surface area contributed by atoms with E-state index in [2.05, 4.69) is 6.07 Å². The van der Waals surface area contributed by atoms with E-state index in [1.807, 2.05) is 55.5 Å². The van der Waals surface area contributed by atoms with E-state index >= 15 is 0 Å². The van der Waals surface area contributed by atoms with E-state index in [0.29, 0.717) is 13.0 Å². The minimum atomic E-state index is 0.381. The number of nitriles is 1. The molecule has 2 nitrogen and oxygen atoms in total. The van der Waals surface area contributed by atoms with E-state index in [0.717, 1.165) is 22.4 Å². The number of benzene rings is 2. The number of nitrogens with zero attached hydrogens (tertiary/aromatic N) is 1. The zero-order valence-electron chi connectivity index (χ0n) is 10.4. The van der Waals surface area contributed by atoms with Crippen molar-refractivity contribution in [2.75, 3.05) is 0 Å². The first-order valence-corrected chi connectivity index (χ1v) is 5.93. The molecule has 0 heterocycles. The summed E-state index contributed by atoms with van der Waals surface area (Å²) in [5, 5.41) is 8.81. The van der Waals surface area contributed by atoms with Crippen molar-refractivity contribution in [3.05, 3.63) is 65.2 Å². The van der Waals surface area contributed by atoms with Crippen LogP contribution < -0.4 is 4.74 Å². The predicted octanol–water partition coefficient (Wildman–Crippen LogP) is 3.64. The Morgan fingerprint density at radius 3 is 2.56 bits per heavy atom. The summed E-state index contributed by atoms with van der Waals surface area (Å²) in [5.41, 5.74) is 3.15. The van der Waals surface area contributed by atoms with Crippen LogP contribution in [0.4, 0.5) is 0 Å². The lowest BCUT2D eigenvalue weighted by Gasteiger charge is -2.12. The third kappa shape index (κ3) is 2.89. The Bertz CT molecular complexity index is 555. The third-order valence-corrected chi connectivity index (χ3v) is 2.79. The molecule has 0 saturated carbocycles. The molecule has 0 atom stereocenters. The van der Waals surface area contributed by atoms with Gasteiger partial charge < -0.3 is 4.74 Å². The molecule has 0 amide bonds. The van der Waals surface area contributed by atoms with Gasteiger partial charge in [0, 0.05) is 5.56 Å². The second kappa shape index (κ2) is 5.88. The number of aryl methyl sites for hydroxylation is 1. The largest absolute Gasteiger partial charge is 0.488 e. The minimum Gasteiger partial charge on any atom is -0.488 e. The summed E-state index contributed by atoms with van der Waals surface area (Å²) in [6.07, 6.45) is 0.381. The Balaban J connectivity index is 2.16. The van der Waals surface area contributed by atoms with Crippen molar-refractivity contribution in [2.45, 2.75) is 20.0 Å². The topological polar surface area (TPSA) is 33.0 Å². The van der Waals surface area contributed by atoms with Gasteiger partial charge in [0.15, 0.2) is 0 Å². The van der Waals surface area contributed by atoms with Crippen molar-refractivity contribution < 1.29 is 4.74 Å². The van der Waals surface area contributed by atoms with Crippen LogP contribution in [0.1, 0.15) is 16.7 Å². The Morgan fingerprint density at radius 2 is 1.83 bits per heavy atom. The van der Waals surface area contributed by atoms with Crippen LogP contribution in [0.15, 0.2) is 48.5 Å². The molecule has 0 aliphatic rings. The summed E-state index contributed by atoms with van der Waals surface area (Å²) in [5.74, 6) is 0.836. The van der Waals surface area contributed by atoms with Gasteiger partial charge in [-0.05, 0) is 18.1 Å². The highest BCUT2D eigenvalue weighted by Crippen LogP contribution is 2.24. The first-order valence-electron chi connectivity index (χ1n) is 5.93. The van der Waals surface area contributed by atoms with E-state index in [-0.39, 0.29) is 0 Å². The maximum atomic E-state index is 8.81. The van der Waals surface area contributed by atoms with Crippen molar-refractivity contribution in [1.82, 2.24) is 0 Å². The molecule has 2 aromatic rings. The number of para-hydroxylation sites is 1. The molecular formula is C16H15NO. The first-order chi connectivity index (χ1) is 8.81. The molecule has 2 rings (SSSR count). The highest BCUT2D eigenvalue weighted by Gasteiger charge is 2.06. The Labute approximate surface area is 107 Å². The monoisotopic (exact) mass is 237 g/mol. The number of ether oxygens (including phenoxy) is 1. The molecule has 0 aliphatic heterocycles. The quantitative estimate of drug-likeness (QED) is 0.813. The van der Waals surface area contributed by atoms with Crippen LogP contribution in [0.2, 0.25) is 0 Å². The van der Waals surface area contributed by atoms with Crippen LogP contribution in [0, 0.1) is 18.3 Å². The van der Waals surface area contributed by atoms with Crippen LogP contribution in [0.25, 0.3) is 0 Å². The summed E-state index contributed by atoms with van der Waals surface area (Å²) in [4.78, 5) is 0. The molecule has 2 heteroatoms. The van der Waals surface area contributed by atoms with E-state index in [9.17, 15) is 0 Å². The second-order valence-corrected chi connectivity index (χ2v) is 4.17. The molecular weight excluding hydrogens is 222 g/mol. The molecule has 0 aliphatic carbocycles. The Morgan fingerprint density at radius 1 is 1.06 bits per heavy atom. The van der Waals surface area contributed by atoms with E-state index in [1.165, 1.54) is 0 Å². The molecule has 0 fully saturated rings. The molecule has 0 N–H and O–H groups in total. The molecule has 0 aromatic heterocycles. The molecule has 90 valence electrons. The molecule has 0 radical (unpaired) electrons. The van der Waals surface area contributed by atoms with Gasteiger partial charge in [0.2, 0.25) is 0 Å².